The average Bonchev–Trinajstić information content (AvgIpc) is 4.06. The van der Waals surface area contributed by atoms with Crippen LogP contribution in [0.3, 0.4) is 0 Å². The number of alkyl halides is 2. The first-order valence-corrected chi connectivity index (χ1v) is 22.3. The normalized spacial score (nSPS) is 23.8. The van der Waals surface area contributed by atoms with Crippen molar-refractivity contribution in [1.82, 2.24) is 34.5 Å². The molecule has 3 aromatic heterocycles. The topological polar surface area (TPSA) is 155 Å². The summed E-state index contributed by atoms with van der Waals surface area (Å²) in [5.41, 5.74) is 3.79. The van der Waals surface area contributed by atoms with E-state index in [0.717, 1.165) is 74.5 Å². The molecular formula is C45H52ClF2N11O4. The zero-order chi connectivity index (χ0) is 43.9. The molecule has 15 nitrogen and oxygen atoms in total. The van der Waals surface area contributed by atoms with Crippen LogP contribution in [0, 0.1) is 17.3 Å². The van der Waals surface area contributed by atoms with Gasteiger partial charge in [0.1, 0.15) is 5.02 Å². The molecule has 1 aliphatic carbocycles. The third kappa shape index (κ3) is 7.70. The summed E-state index contributed by atoms with van der Waals surface area (Å²) in [6.07, 6.45) is 4.76. The van der Waals surface area contributed by atoms with E-state index < -0.39 is 30.0 Å². The second-order valence-electron chi connectivity index (χ2n) is 18.7. The highest BCUT2D eigenvalue weighted by Gasteiger charge is 2.51. The number of amides is 2. The lowest BCUT2D eigenvalue weighted by molar-refractivity contribution is -0.134. The molecule has 18 heteroatoms. The minimum atomic E-state index is -3.13. The Labute approximate surface area is 368 Å². The number of carbonyl (C=O) groups excluding carboxylic acids is 2. The maximum atomic E-state index is 15.2. The Morgan fingerprint density at radius 1 is 0.937 bits per heavy atom. The number of hydrogen-bond acceptors (Lipinski definition) is 12. The van der Waals surface area contributed by atoms with Crippen LogP contribution in [0.1, 0.15) is 57.6 Å². The number of halogens is 3. The SMILES string of the molecule is Cn1nc(C2CCC(=O)NC2=O)c2ccc(N3CCN(C[C@H]4CCN(c5ncc(Cl)c(Nc6ccc7c(c6)c6c(c(=O)n7C)OCC(F)(F)[C@H](C7CC7)N6)n5)CC4(C)C)CC3)cc21. The van der Waals surface area contributed by atoms with Crippen molar-refractivity contribution in [2.45, 2.75) is 63.8 Å². The van der Waals surface area contributed by atoms with Crippen LogP contribution in [-0.2, 0) is 23.7 Å². The number of nitrogens with one attached hydrogen (secondary N) is 3. The minimum absolute atomic E-state index is 0.0347. The Bertz CT molecular complexity index is 2710. The Hall–Kier alpha value is -5.55. The number of aryl methyl sites for hydroxylation is 2. The Balaban J connectivity index is 0.791. The molecule has 4 fully saturated rings. The van der Waals surface area contributed by atoms with E-state index in [0.29, 0.717) is 65.0 Å². The van der Waals surface area contributed by atoms with Crippen molar-refractivity contribution in [3.05, 3.63) is 63.7 Å². The molecule has 0 spiro atoms. The number of pyridine rings is 1. The van der Waals surface area contributed by atoms with Gasteiger partial charge in [0.05, 0.1) is 40.6 Å². The number of nitrogens with zero attached hydrogens (tertiary/aromatic N) is 8. The van der Waals surface area contributed by atoms with Crippen LogP contribution in [0.4, 0.5) is 37.6 Å². The summed E-state index contributed by atoms with van der Waals surface area (Å²) in [5, 5.41) is 15.4. The standard InChI is InChI=1S/C45H52ClF2N11O4/c1-44(2)23-59(14-13-26(44)22-57-15-17-58(18-16-57)28-8-9-29-34(20-28)56(4)54-36(29)30-10-12-35(60)51-41(30)61)43-49-21-32(46)40(53-43)50-27-7-11-33-31(19-27)37-38(42(62)55(33)3)63-24-45(47,48)39(52-37)25-5-6-25/h7-9,11,19-21,25-26,30,39,52H,5-6,10,12-18,22-24H2,1-4H3,(H,49,50,53)(H,51,60,61)/t26-,30?,39+/m1/s1. The van der Waals surface area contributed by atoms with E-state index in [1.807, 2.05) is 23.9 Å². The molecule has 3 N–H and O–H groups in total. The number of carbonyl (C=O) groups is 2. The maximum Gasteiger partial charge on any atom is 0.301 e. The summed E-state index contributed by atoms with van der Waals surface area (Å²) in [4.78, 5) is 54.4. The average molecular weight is 884 g/mol. The van der Waals surface area contributed by atoms with Gasteiger partial charge in [-0.05, 0) is 79.3 Å². The van der Waals surface area contributed by atoms with E-state index in [1.165, 1.54) is 4.57 Å². The summed E-state index contributed by atoms with van der Waals surface area (Å²) in [5.74, 6) is -2.92. The second kappa shape index (κ2) is 15.6. The molecule has 0 bridgehead atoms. The van der Waals surface area contributed by atoms with E-state index in [-0.39, 0.29) is 34.6 Å². The van der Waals surface area contributed by atoms with Crippen LogP contribution in [0.15, 0.2) is 47.4 Å². The number of piperidine rings is 2. The zero-order valence-electron chi connectivity index (χ0n) is 35.9. The van der Waals surface area contributed by atoms with Gasteiger partial charge < -0.3 is 29.7 Å². The molecule has 3 saturated heterocycles. The van der Waals surface area contributed by atoms with E-state index >= 15 is 8.78 Å². The van der Waals surface area contributed by atoms with Crippen LogP contribution in [0.2, 0.25) is 5.02 Å². The number of aromatic nitrogens is 5. The fraction of sp³-hybridized carbons (Fsp3) is 0.511. The van der Waals surface area contributed by atoms with Crippen molar-refractivity contribution in [2.75, 3.05) is 72.9 Å². The molecule has 5 aliphatic rings. The molecule has 5 aromatic rings. The quantitative estimate of drug-likeness (QED) is 0.156. The molecule has 1 unspecified atom stereocenters. The monoisotopic (exact) mass is 883 g/mol. The van der Waals surface area contributed by atoms with Gasteiger partial charge in [-0.15, -0.1) is 0 Å². The van der Waals surface area contributed by atoms with Crippen molar-refractivity contribution < 1.29 is 23.1 Å². The predicted octanol–water partition coefficient (Wildman–Crippen LogP) is 6.03. The van der Waals surface area contributed by atoms with Crippen LogP contribution in [0.5, 0.6) is 5.75 Å². The fourth-order valence-electron chi connectivity index (χ4n) is 10.1. The summed E-state index contributed by atoms with van der Waals surface area (Å²) in [6.45, 7) is 10.0. The van der Waals surface area contributed by atoms with E-state index in [2.05, 4.69) is 67.7 Å². The van der Waals surface area contributed by atoms with Gasteiger partial charge >= 0.3 is 5.92 Å². The lowest BCUT2D eigenvalue weighted by atomic mass is 9.73. The molecule has 2 aromatic carbocycles. The number of ether oxygens (including phenoxy) is 1. The molecule has 3 atom stereocenters. The summed E-state index contributed by atoms with van der Waals surface area (Å²) in [6, 6.07) is 10.6. The molecular weight excluding hydrogens is 832 g/mol. The van der Waals surface area contributed by atoms with Crippen LogP contribution >= 0.6 is 11.6 Å². The molecule has 7 heterocycles. The number of benzene rings is 2. The van der Waals surface area contributed by atoms with Crippen molar-refractivity contribution in [2.24, 2.45) is 31.3 Å². The lowest BCUT2D eigenvalue weighted by Gasteiger charge is -2.47. The number of rotatable bonds is 8. The molecule has 10 rings (SSSR count). The maximum absolute atomic E-state index is 15.2. The molecule has 63 heavy (non-hydrogen) atoms. The van der Waals surface area contributed by atoms with Gasteiger partial charge in [-0.2, -0.15) is 10.1 Å². The van der Waals surface area contributed by atoms with E-state index in [4.69, 9.17) is 26.4 Å². The summed E-state index contributed by atoms with van der Waals surface area (Å²) in [7, 11) is 3.51. The largest absolute Gasteiger partial charge is 0.480 e. The highest BCUT2D eigenvalue weighted by atomic mass is 35.5. The van der Waals surface area contributed by atoms with Crippen LogP contribution < -0.4 is 36.0 Å². The molecule has 332 valence electrons. The van der Waals surface area contributed by atoms with Crippen LogP contribution in [-0.4, -0.2) is 105 Å². The van der Waals surface area contributed by atoms with Crippen molar-refractivity contribution >= 4 is 74.0 Å². The molecule has 0 radical (unpaired) electrons. The Morgan fingerprint density at radius 3 is 2.48 bits per heavy atom. The van der Waals surface area contributed by atoms with Gasteiger partial charge in [0.15, 0.2) is 12.4 Å². The number of fused-ring (bicyclic) bond motifs is 4. The van der Waals surface area contributed by atoms with Crippen molar-refractivity contribution in [3.8, 4) is 5.75 Å². The van der Waals surface area contributed by atoms with Gasteiger partial charge in [-0.25, -0.2) is 13.8 Å². The van der Waals surface area contributed by atoms with Crippen LogP contribution in [0.25, 0.3) is 21.8 Å². The summed E-state index contributed by atoms with van der Waals surface area (Å²) < 4.78 is 39.2. The van der Waals surface area contributed by atoms with Gasteiger partial charge in [0.2, 0.25) is 23.5 Å². The number of anilines is 5. The highest BCUT2D eigenvalue weighted by molar-refractivity contribution is 6.33. The smallest absolute Gasteiger partial charge is 0.301 e. The molecule has 4 aliphatic heterocycles. The van der Waals surface area contributed by atoms with Gasteiger partial charge in [-0.3, -0.25) is 29.3 Å². The van der Waals surface area contributed by atoms with E-state index in [1.54, 1.807) is 19.3 Å². The molecule has 2 amide bonds. The third-order valence-electron chi connectivity index (χ3n) is 14.0. The lowest BCUT2D eigenvalue weighted by Crippen LogP contribution is -2.53. The highest BCUT2D eigenvalue weighted by Crippen LogP contribution is 2.46. The van der Waals surface area contributed by atoms with Crippen molar-refractivity contribution in [1.29, 1.82) is 0 Å². The number of hydrogen-bond donors (Lipinski definition) is 3. The first-order chi connectivity index (χ1) is 30.1. The molecule has 1 saturated carbocycles. The van der Waals surface area contributed by atoms with Gasteiger partial charge in [0, 0.05) is 88.5 Å². The van der Waals surface area contributed by atoms with Crippen molar-refractivity contribution in [3.63, 3.8) is 0 Å². The Kier molecular flexibility index (Phi) is 10.3. The minimum Gasteiger partial charge on any atom is -0.480 e. The number of imide groups is 1. The van der Waals surface area contributed by atoms with E-state index in [9.17, 15) is 14.4 Å². The fourth-order valence-corrected chi connectivity index (χ4v) is 10.3. The first-order valence-electron chi connectivity index (χ1n) is 21.9. The Morgan fingerprint density at radius 2 is 1.73 bits per heavy atom. The summed E-state index contributed by atoms with van der Waals surface area (Å²) >= 11 is 6.68. The zero-order valence-corrected chi connectivity index (χ0v) is 36.6. The second-order valence-corrected chi connectivity index (χ2v) is 19.1. The predicted molar refractivity (Wildman–Crippen MR) is 239 cm³/mol. The van der Waals surface area contributed by atoms with Gasteiger partial charge in [0.25, 0.3) is 5.56 Å². The third-order valence-corrected chi connectivity index (χ3v) is 14.3. The first kappa shape index (κ1) is 41.5. The number of piperazine rings is 1. The van der Waals surface area contributed by atoms with Gasteiger partial charge in [-0.1, -0.05) is 25.4 Å².